The van der Waals surface area contributed by atoms with Crippen molar-refractivity contribution in [3.8, 4) is 0 Å². The predicted molar refractivity (Wildman–Crippen MR) is 115 cm³/mol. The van der Waals surface area contributed by atoms with Crippen molar-refractivity contribution in [3.05, 3.63) is 60.7 Å². The van der Waals surface area contributed by atoms with E-state index in [1.807, 2.05) is 36.4 Å². The molecule has 2 aromatic carbocycles. The molecule has 1 radical (unpaired) electrons. The van der Waals surface area contributed by atoms with E-state index in [1.54, 1.807) is 0 Å². The van der Waals surface area contributed by atoms with Crippen LogP contribution in [0.5, 0.6) is 0 Å². The summed E-state index contributed by atoms with van der Waals surface area (Å²) in [5.74, 6) is 0. The maximum absolute atomic E-state index is 4.69. The first kappa shape index (κ1) is 22.1. The number of hydrogen-bond donors (Lipinski definition) is 0. The number of para-hydroxylation sites is 2. The molecule has 0 aliphatic carbocycles. The van der Waals surface area contributed by atoms with E-state index in [0.717, 1.165) is 11.4 Å². The second kappa shape index (κ2) is 9.14. The van der Waals surface area contributed by atoms with Crippen molar-refractivity contribution < 1.29 is 0 Å². The second-order valence-electron chi connectivity index (χ2n) is 7.82. The smallest absolute Gasteiger partial charge is 0.179 e. The zero-order valence-corrected chi connectivity index (χ0v) is 20.6. The molecule has 0 bridgehead atoms. The molecule has 0 spiro atoms. The van der Waals surface area contributed by atoms with Gasteiger partial charge in [-0.1, -0.05) is 46.8 Å². The monoisotopic (exact) mass is 379 g/mol. The van der Waals surface area contributed by atoms with Gasteiger partial charge in [-0.25, -0.2) is 0 Å². The number of benzene rings is 2. The van der Waals surface area contributed by atoms with Crippen molar-refractivity contribution >= 4 is 57.4 Å². The molecular formula is C18H28N4NaSi2. The van der Waals surface area contributed by atoms with E-state index in [-0.39, 0.29) is 29.6 Å². The Bertz CT molecular complexity index is 607. The molecule has 0 N–H and O–H groups in total. The Kier molecular flexibility index (Phi) is 8.08. The van der Waals surface area contributed by atoms with Crippen LogP contribution in [0.25, 0.3) is 0 Å². The van der Waals surface area contributed by atoms with Crippen LogP contribution in [0.4, 0.5) is 11.4 Å². The summed E-state index contributed by atoms with van der Waals surface area (Å²) in [4.78, 5) is 0. The van der Waals surface area contributed by atoms with E-state index in [2.05, 4.69) is 83.3 Å². The molecule has 2 aromatic rings. The van der Waals surface area contributed by atoms with Crippen LogP contribution >= 0.6 is 0 Å². The van der Waals surface area contributed by atoms with Crippen LogP contribution in [0.3, 0.4) is 0 Å². The summed E-state index contributed by atoms with van der Waals surface area (Å²) in [7, 11) is -3.39. The minimum Gasteiger partial charge on any atom is -0.276 e. The molecular weight excluding hydrogens is 351 g/mol. The first-order chi connectivity index (χ1) is 11.2. The van der Waals surface area contributed by atoms with Crippen LogP contribution in [-0.4, -0.2) is 46.0 Å². The van der Waals surface area contributed by atoms with Gasteiger partial charge in [0.05, 0.1) is 11.4 Å². The molecule has 0 heterocycles. The molecule has 25 heavy (non-hydrogen) atoms. The summed E-state index contributed by atoms with van der Waals surface area (Å²) in [5.41, 5.74) is 2.20. The fourth-order valence-corrected chi connectivity index (χ4v) is 4.83. The maximum Gasteiger partial charge on any atom is 0.179 e. The average Bonchev–Trinajstić information content (AvgIpc) is 2.51. The normalized spacial score (nSPS) is 11.9. The van der Waals surface area contributed by atoms with Gasteiger partial charge in [-0.2, -0.15) is 0 Å². The fraction of sp³-hybridized carbons (Fsp3) is 0.333. The molecule has 0 unspecified atom stereocenters. The first-order valence-corrected chi connectivity index (χ1v) is 15.2. The van der Waals surface area contributed by atoms with Crippen molar-refractivity contribution in [2.75, 3.05) is 9.35 Å². The first-order valence-electron chi connectivity index (χ1n) is 8.32. The molecule has 7 heteroatoms. The van der Waals surface area contributed by atoms with Crippen molar-refractivity contribution in [1.29, 1.82) is 0 Å². The minimum absolute atomic E-state index is 0. The molecule has 0 fully saturated rings. The molecule has 0 aliphatic heterocycles. The Morgan fingerprint density at radius 3 is 1.08 bits per heavy atom. The second-order valence-corrected chi connectivity index (χ2v) is 17.3. The third-order valence-electron chi connectivity index (χ3n) is 3.49. The van der Waals surface area contributed by atoms with Gasteiger partial charge in [0.25, 0.3) is 0 Å². The Hall–Kier alpha value is -0.926. The molecule has 0 aromatic heterocycles. The summed E-state index contributed by atoms with van der Waals surface area (Å²) in [6, 6.07) is 20.6. The van der Waals surface area contributed by atoms with E-state index < -0.39 is 16.5 Å². The number of rotatable bonds is 6. The van der Waals surface area contributed by atoms with Crippen LogP contribution in [0.1, 0.15) is 0 Å². The maximum atomic E-state index is 4.69. The predicted octanol–water partition coefficient (Wildman–Crippen LogP) is 5.57. The largest absolute Gasteiger partial charge is 0.276 e. The van der Waals surface area contributed by atoms with Gasteiger partial charge in [-0.3, -0.25) is 9.35 Å². The average molecular weight is 380 g/mol. The van der Waals surface area contributed by atoms with E-state index in [9.17, 15) is 0 Å². The number of nitrogens with zero attached hydrogens (tertiary/aromatic N) is 4. The van der Waals surface area contributed by atoms with Gasteiger partial charge in [-0.05, 0) is 63.5 Å². The Labute approximate surface area is 176 Å². The van der Waals surface area contributed by atoms with Crippen molar-refractivity contribution in [1.82, 2.24) is 0 Å². The minimum atomic E-state index is -1.69. The van der Waals surface area contributed by atoms with Crippen molar-refractivity contribution in [2.24, 2.45) is 10.4 Å². The molecule has 0 aliphatic rings. The van der Waals surface area contributed by atoms with E-state index in [1.165, 1.54) is 0 Å². The standard InChI is InChI=1S/C18H28N4Si2.Na/c1-23(2,3)21(17-13-9-7-10-14-17)19-20-22(24(4,5)6)18-15-11-8-12-16-18;/h7-16H,1-6H3;. The Balaban J connectivity index is 0.00000312. The third kappa shape index (κ3) is 6.38. The van der Waals surface area contributed by atoms with Crippen molar-refractivity contribution in [2.45, 2.75) is 39.3 Å². The summed E-state index contributed by atoms with van der Waals surface area (Å²) < 4.78 is 4.23. The van der Waals surface area contributed by atoms with Gasteiger partial charge in [0.2, 0.25) is 0 Å². The summed E-state index contributed by atoms with van der Waals surface area (Å²) in [5, 5.41) is 9.38. The van der Waals surface area contributed by atoms with E-state index >= 15 is 0 Å². The summed E-state index contributed by atoms with van der Waals surface area (Å²) in [6.45, 7) is 13.7. The fourth-order valence-electron chi connectivity index (χ4n) is 2.36. The molecule has 0 saturated heterocycles. The third-order valence-corrected chi connectivity index (χ3v) is 6.73. The molecule has 0 atom stereocenters. The van der Waals surface area contributed by atoms with Crippen LogP contribution in [0.2, 0.25) is 39.3 Å². The quantitative estimate of drug-likeness (QED) is 0.373. The van der Waals surface area contributed by atoms with Gasteiger partial charge < -0.3 is 0 Å². The van der Waals surface area contributed by atoms with Crippen LogP contribution in [0, 0.1) is 0 Å². The van der Waals surface area contributed by atoms with Gasteiger partial charge in [0, 0.05) is 29.6 Å². The molecule has 0 saturated carbocycles. The van der Waals surface area contributed by atoms with Gasteiger partial charge >= 0.3 is 0 Å². The molecule has 2 rings (SSSR count). The van der Waals surface area contributed by atoms with Gasteiger partial charge in [0.1, 0.15) is 0 Å². The van der Waals surface area contributed by atoms with Crippen LogP contribution < -0.4 is 9.35 Å². The SMILES string of the molecule is C[Si](C)(C)N(N=NN(c1ccccc1)[Si](C)(C)C)c1ccccc1.[Na]. The van der Waals surface area contributed by atoms with Gasteiger partial charge in [-0.15, -0.1) is 0 Å². The topological polar surface area (TPSA) is 31.2 Å². The van der Waals surface area contributed by atoms with E-state index in [0.29, 0.717) is 0 Å². The zero-order chi connectivity index (χ0) is 17.8. The number of anilines is 2. The summed E-state index contributed by atoms with van der Waals surface area (Å²) in [6.07, 6.45) is 0. The van der Waals surface area contributed by atoms with Crippen LogP contribution in [0.15, 0.2) is 71.1 Å². The molecule has 129 valence electrons. The molecule has 0 amide bonds. The summed E-state index contributed by atoms with van der Waals surface area (Å²) >= 11 is 0. The Morgan fingerprint density at radius 1 is 0.560 bits per heavy atom. The van der Waals surface area contributed by atoms with Gasteiger partial charge in [0.15, 0.2) is 16.5 Å². The Morgan fingerprint density at radius 2 is 0.840 bits per heavy atom. The van der Waals surface area contributed by atoms with Crippen LogP contribution in [-0.2, 0) is 0 Å². The molecule has 4 nitrogen and oxygen atoms in total. The number of hydrogen-bond acceptors (Lipinski definition) is 2. The van der Waals surface area contributed by atoms with Crippen molar-refractivity contribution in [3.63, 3.8) is 0 Å². The van der Waals surface area contributed by atoms with E-state index in [4.69, 9.17) is 0 Å². The zero-order valence-electron chi connectivity index (χ0n) is 16.6.